The minimum Gasteiger partial charge on any atom is -0.492 e. The number of nitrogens with one attached hydrogen (secondary N) is 1. The summed E-state index contributed by atoms with van der Waals surface area (Å²) in [6.45, 7) is 14.9. The lowest BCUT2D eigenvalue weighted by Crippen LogP contribution is -2.43. The fraction of sp³-hybridized carbons (Fsp3) is 0.679. The van der Waals surface area contributed by atoms with Crippen LogP contribution in [0.3, 0.4) is 0 Å². The molecule has 218 valence electrons. The molecule has 0 fully saturated rings. The third kappa shape index (κ3) is 13.0. The van der Waals surface area contributed by atoms with Gasteiger partial charge in [0.15, 0.2) is 5.01 Å². The molecule has 0 unspecified atom stereocenters. The number of carbonyl (C=O) groups excluding carboxylic acids is 1. The lowest BCUT2D eigenvalue weighted by molar-refractivity contribution is -0.135. The van der Waals surface area contributed by atoms with E-state index < -0.39 is 5.41 Å². The lowest BCUT2D eigenvalue weighted by Gasteiger charge is -2.35. The highest BCUT2D eigenvalue weighted by molar-refractivity contribution is 7.19. The van der Waals surface area contributed by atoms with Crippen LogP contribution >= 0.6 is 11.3 Å². The molecule has 0 spiro atoms. The summed E-state index contributed by atoms with van der Waals surface area (Å²) >= 11 is 1.31. The van der Waals surface area contributed by atoms with Gasteiger partial charge in [-0.2, -0.15) is 5.26 Å². The number of rotatable bonds is 20. The van der Waals surface area contributed by atoms with Crippen LogP contribution in [0.25, 0.3) is 10.2 Å². The fourth-order valence-electron chi connectivity index (χ4n) is 3.30. The van der Waals surface area contributed by atoms with Crippen molar-refractivity contribution in [3.63, 3.8) is 0 Å². The summed E-state index contributed by atoms with van der Waals surface area (Å²) < 4.78 is 35.8. The van der Waals surface area contributed by atoms with E-state index in [4.69, 9.17) is 33.7 Å². The Labute approximate surface area is 235 Å². The molecule has 1 heterocycles. The summed E-state index contributed by atoms with van der Waals surface area (Å²) in [5, 5.41) is 12.2. The van der Waals surface area contributed by atoms with Gasteiger partial charge in [-0.25, -0.2) is 4.98 Å². The summed E-state index contributed by atoms with van der Waals surface area (Å²) in [6, 6.07) is 7.49. The van der Waals surface area contributed by atoms with Crippen LogP contribution in [0.5, 0.6) is 5.75 Å². The molecular formula is C28H43N3O7S. The first-order valence-corrected chi connectivity index (χ1v) is 14.1. The normalized spacial score (nSPS) is 12.0. The Morgan fingerprint density at radius 3 is 2.15 bits per heavy atom. The van der Waals surface area contributed by atoms with Gasteiger partial charge in [-0.3, -0.25) is 4.79 Å². The number of ether oxygens (including phenoxy) is 6. The molecule has 0 aliphatic rings. The summed E-state index contributed by atoms with van der Waals surface area (Å²) in [6.07, 6.45) is 0.234. The van der Waals surface area contributed by atoms with Crippen LogP contribution in [0, 0.1) is 16.7 Å². The number of nitrogens with zero attached hydrogens (tertiary/aromatic N) is 2. The van der Waals surface area contributed by atoms with Gasteiger partial charge in [0, 0.05) is 0 Å². The van der Waals surface area contributed by atoms with Crippen molar-refractivity contribution in [2.24, 2.45) is 5.41 Å². The molecule has 0 aliphatic heterocycles. The summed E-state index contributed by atoms with van der Waals surface area (Å²) in [7, 11) is 0. The zero-order chi connectivity index (χ0) is 28.7. The second-order valence-corrected chi connectivity index (χ2v) is 11.2. The Kier molecular flexibility index (Phi) is 14.7. The number of hydrogen-bond donors (Lipinski definition) is 1. The van der Waals surface area contributed by atoms with E-state index in [0.29, 0.717) is 56.9 Å². The maximum Gasteiger partial charge on any atom is 0.246 e. The average Bonchev–Trinajstić information content (AvgIpc) is 3.31. The molecule has 0 saturated carbocycles. The Morgan fingerprint density at radius 1 is 0.949 bits per heavy atom. The molecule has 2 rings (SSSR count). The van der Waals surface area contributed by atoms with Gasteiger partial charge in [0.25, 0.3) is 0 Å². The van der Waals surface area contributed by atoms with Gasteiger partial charge in [-0.05, 0) is 59.7 Å². The number of benzene rings is 1. The Morgan fingerprint density at radius 2 is 1.56 bits per heavy atom. The maximum atomic E-state index is 12.1. The molecule has 1 N–H and O–H groups in total. The Bertz CT molecular complexity index is 1000. The highest BCUT2D eigenvalue weighted by atomic mass is 32.1. The summed E-state index contributed by atoms with van der Waals surface area (Å²) in [5.41, 5.74) is 0.319. The highest BCUT2D eigenvalue weighted by Gasteiger charge is 2.33. The van der Waals surface area contributed by atoms with Crippen molar-refractivity contribution in [2.75, 3.05) is 59.4 Å². The van der Waals surface area contributed by atoms with Gasteiger partial charge in [0.05, 0.1) is 80.1 Å². The minimum absolute atomic E-state index is 0.0678. The Hall–Kier alpha value is -2.33. The van der Waals surface area contributed by atoms with E-state index >= 15 is 0 Å². The van der Waals surface area contributed by atoms with Crippen LogP contribution in [0.2, 0.25) is 0 Å². The maximum absolute atomic E-state index is 12.1. The highest BCUT2D eigenvalue weighted by Crippen LogP contribution is 2.26. The molecule has 0 bridgehead atoms. The number of carbonyl (C=O) groups is 1. The van der Waals surface area contributed by atoms with Crippen LogP contribution in [0.4, 0.5) is 0 Å². The average molecular weight is 566 g/mol. The van der Waals surface area contributed by atoms with Crippen molar-refractivity contribution in [3.05, 3.63) is 23.2 Å². The van der Waals surface area contributed by atoms with Crippen molar-refractivity contribution in [2.45, 2.75) is 59.9 Å². The molecule has 1 amide bonds. The number of hydrogen-bond acceptors (Lipinski definition) is 10. The molecule has 1 aromatic heterocycles. The molecule has 1 aromatic carbocycles. The first-order chi connectivity index (χ1) is 18.6. The molecule has 0 atom stereocenters. The van der Waals surface area contributed by atoms with E-state index in [1.54, 1.807) is 6.07 Å². The quantitative estimate of drug-likeness (QED) is 0.238. The topological polar surface area (TPSA) is 121 Å². The van der Waals surface area contributed by atoms with E-state index in [9.17, 15) is 4.79 Å². The monoisotopic (exact) mass is 565 g/mol. The lowest BCUT2D eigenvalue weighted by atomic mass is 9.92. The van der Waals surface area contributed by atoms with Crippen LogP contribution in [0.1, 0.15) is 46.6 Å². The SMILES string of the molecule is CC(C)OCC(COCCOCC(=O)NCCOc1ccc2nc(C#N)sc2c1)(COC(C)C)COC(C)C. The zero-order valence-electron chi connectivity index (χ0n) is 24.0. The van der Waals surface area contributed by atoms with Crippen LogP contribution in [-0.2, 0) is 28.5 Å². The number of nitriles is 1. The van der Waals surface area contributed by atoms with E-state index in [1.165, 1.54) is 11.3 Å². The van der Waals surface area contributed by atoms with Crippen molar-refractivity contribution < 1.29 is 33.2 Å². The number of fused-ring (bicyclic) bond motifs is 1. The van der Waals surface area contributed by atoms with Crippen LogP contribution < -0.4 is 10.1 Å². The van der Waals surface area contributed by atoms with Gasteiger partial charge >= 0.3 is 0 Å². The first-order valence-electron chi connectivity index (χ1n) is 13.3. The molecule has 39 heavy (non-hydrogen) atoms. The fourth-order valence-corrected chi connectivity index (χ4v) is 4.10. The predicted molar refractivity (Wildman–Crippen MR) is 150 cm³/mol. The molecule has 11 heteroatoms. The van der Waals surface area contributed by atoms with E-state index in [-0.39, 0.29) is 37.4 Å². The van der Waals surface area contributed by atoms with E-state index in [0.717, 1.165) is 10.2 Å². The molecule has 0 aliphatic carbocycles. The second-order valence-electron chi connectivity index (χ2n) is 10.1. The number of amides is 1. The van der Waals surface area contributed by atoms with Gasteiger partial charge in [0.1, 0.15) is 25.0 Å². The van der Waals surface area contributed by atoms with Crippen molar-refractivity contribution in [3.8, 4) is 11.8 Å². The van der Waals surface area contributed by atoms with Crippen molar-refractivity contribution >= 4 is 27.5 Å². The molecule has 2 aromatic rings. The van der Waals surface area contributed by atoms with Crippen LogP contribution in [0.15, 0.2) is 18.2 Å². The van der Waals surface area contributed by atoms with Crippen molar-refractivity contribution in [1.82, 2.24) is 10.3 Å². The van der Waals surface area contributed by atoms with Gasteiger partial charge < -0.3 is 33.7 Å². The van der Waals surface area contributed by atoms with Gasteiger partial charge in [-0.15, -0.1) is 11.3 Å². The zero-order valence-corrected chi connectivity index (χ0v) is 24.8. The smallest absolute Gasteiger partial charge is 0.246 e. The number of aromatic nitrogens is 1. The minimum atomic E-state index is -0.446. The molecule has 10 nitrogen and oxygen atoms in total. The summed E-state index contributed by atoms with van der Waals surface area (Å²) in [4.78, 5) is 16.3. The molecule has 0 radical (unpaired) electrons. The van der Waals surface area contributed by atoms with E-state index in [2.05, 4.69) is 10.3 Å². The standard InChI is InChI=1S/C28H43N3O7S/c1-20(2)36-17-28(18-37-21(3)4,19-38-22(5)6)16-34-12-11-33-15-26(32)30-9-10-35-23-7-8-24-25(13-23)39-27(14-29)31-24/h7-8,13,20-22H,9-12,15-19H2,1-6H3,(H,30,32). The molecule has 0 saturated heterocycles. The summed E-state index contributed by atoms with van der Waals surface area (Å²) in [5.74, 6) is 0.427. The number of thiazole rings is 1. The Balaban J connectivity index is 1.67. The third-order valence-electron chi connectivity index (χ3n) is 5.33. The first kappa shape index (κ1) is 32.9. The van der Waals surface area contributed by atoms with E-state index in [1.807, 2.05) is 59.7 Å². The third-order valence-corrected chi connectivity index (χ3v) is 6.25. The van der Waals surface area contributed by atoms with Gasteiger partial charge in [-0.1, -0.05) is 0 Å². The van der Waals surface area contributed by atoms with Gasteiger partial charge in [0.2, 0.25) is 5.91 Å². The molecular weight excluding hydrogens is 522 g/mol. The largest absolute Gasteiger partial charge is 0.492 e. The second kappa shape index (κ2) is 17.4. The predicted octanol–water partition coefficient (Wildman–Crippen LogP) is 3.96. The van der Waals surface area contributed by atoms with Crippen LogP contribution in [-0.4, -0.2) is 88.6 Å². The van der Waals surface area contributed by atoms with Crippen molar-refractivity contribution in [1.29, 1.82) is 5.26 Å².